The fourth-order valence-corrected chi connectivity index (χ4v) is 6.68. The molecule has 2 aromatic carbocycles. The van der Waals surface area contributed by atoms with Gasteiger partial charge in [0.05, 0.1) is 18.1 Å². The number of amides is 2. The Labute approximate surface area is 245 Å². The maximum absolute atomic E-state index is 13.0. The lowest BCUT2D eigenvalue weighted by molar-refractivity contribution is 0.0872. The second-order valence-corrected chi connectivity index (χ2v) is 13.8. The van der Waals surface area contributed by atoms with Crippen LogP contribution in [-0.2, 0) is 21.1 Å². The molecule has 1 aliphatic carbocycles. The van der Waals surface area contributed by atoms with E-state index in [2.05, 4.69) is 20.4 Å². The summed E-state index contributed by atoms with van der Waals surface area (Å²) in [6.07, 6.45) is 3.87. The van der Waals surface area contributed by atoms with Gasteiger partial charge < -0.3 is 15.0 Å². The predicted molar refractivity (Wildman–Crippen MR) is 158 cm³/mol. The van der Waals surface area contributed by atoms with E-state index in [1.54, 1.807) is 11.0 Å². The molecule has 11 nitrogen and oxygen atoms in total. The fourth-order valence-electron chi connectivity index (χ4n) is 5.40. The molecule has 2 amide bonds. The van der Waals surface area contributed by atoms with Crippen LogP contribution in [0.15, 0.2) is 48.5 Å². The molecule has 1 saturated carbocycles. The Morgan fingerprint density at radius 2 is 1.81 bits per heavy atom. The van der Waals surface area contributed by atoms with Gasteiger partial charge in [-0.15, -0.1) is 0 Å². The summed E-state index contributed by atoms with van der Waals surface area (Å²) in [6.45, 7) is 3.39. The summed E-state index contributed by atoms with van der Waals surface area (Å²) in [5, 5.41) is 10.4. The number of nitrogens with one attached hydrogen (secondary N) is 2. The Morgan fingerprint density at radius 1 is 1.02 bits per heavy atom. The Balaban J connectivity index is 1.03. The third kappa shape index (κ3) is 7.16. The first-order valence-corrected chi connectivity index (χ1v) is 16.4. The van der Waals surface area contributed by atoms with E-state index in [4.69, 9.17) is 9.72 Å². The predicted octanol–water partition coefficient (Wildman–Crippen LogP) is 3.68. The van der Waals surface area contributed by atoms with Crippen LogP contribution in [-0.4, -0.2) is 89.7 Å². The largest absolute Gasteiger partial charge is 0.449 e. The summed E-state index contributed by atoms with van der Waals surface area (Å²) in [5.74, 6) is 2.07. The molecule has 0 radical (unpaired) electrons. The molecule has 3 fully saturated rings. The second-order valence-electron chi connectivity index (χ2n) is 11.5. The number of carbonyl (C=O) groups excluding carboxylic acids is 2. The zero-order chi connectivity index (χ0) is 29.1. The Morgan fingerprint density at radius 3 is 2.57 bits per heavy atom. The minimum atomic E-state index is -2.93. The first kappa shape index (κ1) is 28.4. The Bertz CT molecular complexity index is 1520. The number of H-pyrrole nitrogens is 1. The molecule has 2 aliphatic heterocycles. The molecule has 222 valence electrons. The minimum absolute atomic E-state index is 0.0748. The Kier molecular flexibility index (Phi) is 8.25. The number of carbonyl (C=O) groups is 2. The lowest BCUT2D eigenvalue weighted by Crippen LogP contribution is -2.40. The summed E-state index contributed by atoms with van der Waals surface area (Å²) in [5.41, 5.74) is 2.98. The third-order valence-corrected chi connectivity index (χ3v) is 9.75. The van der Waals surface area contributed by atoms with Crippen molar-refractivity contribution in [2.75, 3.05) is 49.6 Å². The maximum atomic E-state index is 13.0. The molecule has 3 aliphatic rings. The number of sulfone groups is 1. The molecule has 42 heavy (non-hydrogen) atoms. The van der Waals surface area contributed by atoms with Crippen LogP contribution in [0.3, 0.4) is 0 Å². The molecule has 1 unspecified atom stereocenters. The number of benzene rings is 2. The van der Waals surface area contributed by atoms with E-state index in [1.165, 1.54) is 0 Å². The molecule has 12 heteroatoms. The monoisotopic (exact) mass is 592 g/mol. The number of aromatic nitrogens is 3. The standard InChI is InChI=1S/C30H36N6O5S/c37-29(24-4-1-3-22(17-24)18-35-13-15-42(39,40)16-14-35)31-26-10-8-23(9-11-26)27-32-28(34-33-27)25-5-2-12-36(19-25)30(38)41-20-21-6-7-21/h1,3-4,8-11,17,21,25H,2,5-7,12-16,18-20H2,(H,31,37)(H,32,33,34). The summed E-state index contributed by atoms with van der Waals surface area (Å²) < 4.78 is 28.9. The van der Waals surface area contributed by atoms with Crippen LogP contribution in [0.2, 0.25) is 0 Å². The van der Waals surface area contributed by atoms with Crippen LogP contribution < -0.4 is 5.32 Å². The van der Waals surface area contributed by atoms with Gasteiger partial charge in [-0.3, -0.25) is 14.8 Å². The van der Waals surface area contributed by atoms with Crippen molar-refractivity contribution in [1.82, 2.24) is 25.0 Å². The van der Waals surface area contributed by atoms with E-state index in [0.717, 1.165) is 42.6 Å². The van der Waals surface area contributed by atoms with Crippen molar-refractivity contribution >= 4 is 27.5 Å². The fraction of sp³-hybridized carbons (Fsp3) is 0.467. The van der Waals surface area contributed by atoms with Crippen molar-refractivity contribution in [2.45, 2.75) is 38.1 Å². The lowest BCUT2D eigenvalue weighted by Gasteiger charge is -2.30. The van der Waals surface area contributed by atoms with Gasteiger partial charge in [-0.25, -0.2) is 18.2 Å². The number of hydrogen-bond acceptors (Lipinski definition) is 8. The molecule has 3 aromatic rings. The van der Waals surface area contributed by atoms with Crippen LogP contribution in [0, 0.1) is 5.92 Å². The number of nitrogens with zero attached hydrogens (tertiary/aromatic N) is 4. The lowest BCUT2D eigenvalue weighted by atomic mass is 9.98. The molecular formula is C30H36N6O5S. The highest BCUT2D eigenvalue weighted by molar-refractivity contribution is 7.91. The molecule has 2 saturated heterocycles. The highest BCUT2D eigenvalue weighted by Gasteiger charge is 2.30. The number of aromatic amines is 1. The third-order valence-electron chi connectivity index (χ3n) is 8.14. The number of piperidine rings is 1. The molecule has 1 atom stereocenters. The molecule has 2 N–H and O–H groups in total. The van der Waals surface area contributed by atoms with Crippen LogP contribution in [0.1, 0.15) is 53.3 Å². The minimum Gasteiger partial charge on any atom is -0.449 e. The summed E-state index contributed by atoms with van der Waals surface area (Å²) >= 11 is 0. The van der Waals surface area contributed by atoms with Crippen LogP contribution in [0.4, 0.5) is 10.5 Å². The first-order valence-electron chi connectivity index (χ1n) is 14.6. The number of anilines is 1. The first-order chi connectivity index (χ1) is 20.3. The van der Waals surface area contributed by atoms with Gasteiger partial charge in [0.15, 0.2) is 15.7 Å². The molecule has 0 spiro atoms. The highest BCUT2D eigenvalue weighted by Crippen LogP contribution is 2.30. The van der Waals surface area contributed by atoms with Gasteiger partial charge in [0.1, 0.15) is 5.82 Å². The average Bonchev–Trinajstić information content (AvgIpc) is 3.71. The number of rotatable bonds is 8. The SMILES string of the molecule is O=C(Nc1ccc(-c2n[nH]c(C3CCCN(C(=O)OCC4CC4)C3)n2)cc1)c1cccc(CN2CCS(=O)(=O)CC2)c1. The topological polar surface area (TPSA) is 138 Å². The van der Waals surface area contributed by atoms with Crippen molar-refractivity contribution in [3.8, 4) is 11.4 Å². The smallest absolute Gasteiger partial charge is 0.409 e. The molecule has 1 aromatic heterocycles. The van der Waals surface area contributed by atoms with Gasteiger partial charge in [0, 0.05) is 55.5 Å². The van der Waals surface area contributed by atoms with E-state index in [0.29, 0.717) is 62.3 Å². The quantitative estimate of drug-likeness (QED) is 0.404. The van der Waals surface area contributed by atoms with Gasteiger partial charge in [-0.05, 0) is 73.6 Å². The molecule has 0 bridgehead atoms. The zero-order valence-electron chi connectivity index (χ0n) is 23.5. The van der Waals surface area contributed by atoms with Crippen molar-refractivity contribution in [2.24, 2.45) is 5.92 Å². The summed E-state index contributed by atoms with van der Waals surface area (Å²) in [4.78, 5) is 34.0. The van der Waals surface area contributed by atoms with Crippen molar-refractivity contribution < 1.29 is 22.7 Å². The highest BCUT2D eigenvalue weighted by atomic mass is 32.2. The average molecular weight is 593 g/mol. The van der Waals surface area contributed by atoms with E-state index < -0.39 is 9.84 Å². The zero-order valence-corrected chi connectivity index (χ0v) is 24.3. The molecular weight excluding hydrogens is 556 g/mol. The van der Waals surface area contributed by atoms with Gasteiger partial charge in [-0.1, -0.05) is 12.1 Å². The summed E-state index contributed by atoms with van der Waals surface area (Å²) in [7, 11) is -2.93. The Hall–Kier alpha value is -3.77. The molecule has 6 rings (SSSR count). The van der Waals surface area contributed by atoms with Gasteiger partial charge in [0.2, 0.25) is 0 Å². The number of hydrogen-bond donors (Lipinski definition) is 2. The van der Waals surface area contributed by atoms with E-state index in [1.807, 2.05) is 42.5 Å². The van der Waals surface area contributed by atoms with E-state index in [9.17, 15) is 18.0 Å². The number of ether oxygens (including phenoxy) is 1. The summed E-state index contributed by atoms with van der Waals surface area (Å²) in [6, 6.07) is 14.8. The van der Waals surface area contributed by atoms with Gasteiger partial charge >= 0.3 is 6.09 Å². The van der Waals surface area contributed by atoms with Crippen molar-refractivity contribution in [3.63, 3.8) is 0 Å². The molecule has 3 heterocycles. The van der Waals surface area contributed by atoms with E-state index in [-0.39, 0.29) is 29.4 Å². The van der Waals surface area contributed by atoms with Crippen LogP contribution in [0.25, 0.3) is 11.4 Å². The number of likely N-dealkylation sites (tertiary alicyclic amines) is 1. The maximum Gasteiger partial charge on any atom is 0.409 e. The second kappa shape index (κ2) is 12.2. The normalized spacial score (nSPS) is 20.7. The van der Waals surface area contributed by atoms with Crippen LogP contribution >= 0.6 is 0 Å². The van der Waals surface area contributed by atoms with Gasteiger partial charge in [0.25, 0.3) is 5.91 Å². The van der Waals surface area contributed by atoms with Crippen LogP contribution in [0.5, 0.6) is 0 Å². The van der Waals surface area contributed by atoms with Crippen molar-refractivity contribution in [1.29, 1.82) is 0 Å². The van der Waals surface area contributed by atoms with E-state index >= 15 is 0 Å². The van der Waals surface area contributed by atoms with Crippen molar-refractivity contribution in [3.05, 3.63) is 65.5 Å². The van der Waals surface area contributed by atoms with Gasteiger partial charge in [-0.2, -0.15) is 5.10 Å².